The maximum atomic E-state index is 11.2. The van der Waals surface area contributed by atoms with Crippen molar-refractivity contribution in [2.45, 2.75) is 130 Å². The van der Waals surface area contributed by atoms with Crippen LogP contribution in [-0.2, 0) is 4.79 Å². The summed E-state index contributed by atoms with van der Waals surface area (Å²) in [5.74, 6) is 1.26. The first-order valence-corrected chi connectivity index (χ1v) is 14.5. The molecule has 0 saturated heterocycles. The smallest absolute Gasteiger partial charge is 0.222 e. The Bertz CT molecular complexity index is 543. The number of carbonyl (C=O) groups is 1. The number of hydrogen-bond acceptors (Lipinski definition) is 2. The topological polar surface area (TPSA) is 41.5 Å². The standard InChI is InChI=1S/C29H55N3O/c1-4-6-7-8-9-10-11-12-13-14-15-16-17-18-19-20-21-22-23-29-31-25-27-32(29,5-2)26-24-30-28(3)33/h22-23H,4-21,24-27H2,1-3H3/p+1/b23-22+. The molecule has 0 aromatic rings. The molecule has 0 radical (unpaired) electrons. The molecule has 1 amide bonds. The average molecular weight is 463 g/mol. The molecule has 1 aliphatic heterocycles. The lowest BCUT2D eigenvalue weighted by Gasteiger charge is -2.32. The summed E-state index contributed by atoms with van der Waals surface area (Å²) < 4.78 is 0.912. The zero-order valence-electron chi connectivity index (χ0n) is 22.5. The van der Waals surface area contributed by atoms with Gasteiger partial charge in [-0.05, 0) is 19.8 Å². The van der Waals surface area contributed by atoms with Crippen molar-refractivity contribution in [1.82, 2.24) is 5.32 Å². The van der Waals surface area contributed by atoms with Gasteiger partial charge >= 0.3 is 0 Å². The summed E-state index contributed by atoms with van der Waals surface area (Å²) in [5.41, 5.74) is 0. The molecule has 0 aliphatic carbocycles. The fourth-order valence-electron chi connectivity index (χ4n) is 4.98. The van der Waals surface area contributed by atoms with Crippen LogP contribution in [0.4, 0.5) is 0 Å². The molecule has 0 saturated carbocycles. The minimum Gasteiger partial charge on any atom is -0.351 e. The fourth-order valence-corrected chi connectivity index (χ4v) is 4.98. The third-order valence-corrected chi connectivity index (χ3v) is 7.30. The second-order valence-corrected chi connectivity index (χ2v) is 10.1. The molecule has 0 aromatic carbocycles. The fraction of sp³-hybridized carbons (Fsp3) is 0.862. The maximum absolute atomic E-state index is 11.2. The summed E-state index contributed by atoms with van der Waals surface area (Å²) in [4.78, 5) is 15.9. The molecule has 0 fully saturated rings. The van der Waals surface area contributed by atoms with Crippen molar-refractivity contribution in [2.24, 2.45) is 4.99 Å². The van der Waals surface area contributed by atoms with E-state index in [1.165, 1.54) is 109 Å². The van der Waals surface area contributed by atoms with Crippen LogP contribution in [0.2, 0.25) is 0 Å². The quantitative estimate of drug-likeness (QED) is 0.131. The Morgan fingerprint density at radius 1 is 0.848 bits per heavy atom. The van der Waals surface area contributed by atoms with Gasteiger partial charge < -0.3 is 5.32 Å². The van der Waals surface area contributed by atoms with Crippen LogP contribution in [0.3, 0.4) is 0 Å². The van der Waals surface area contributed by atoms with Crippen molar-refractivity contribution in [2.75, 3.05) is 32.7 Å². The zero-order valence-corrected chi connectivity index (χ0v) is 22.5. The van der Waals surface area contributed by atoms with E-state index < -0.39 is 0 Å². The molecule has 1 N–H and O–H groups in total. The summed E-state index contributed by atoms with van der Waals surface area (Å²) in [6.45, 7) is 10.8. The predicted octanol–water partition coefficient (Wildman–Crippen LogP) is 7.58. The highest BCUT2D eigenvalue weighted by Crippen LogP contribution is 2.17. The number of quaternary nitrogens is 1. The molecule has 1 aliphatic rings. The Balaban J connectivity index is 1.96. The molecule has 1 unspecified atom stereocenters. The van der Waals surface area contributed by atoms with Crippen LogP contribution in [0.15, 0.2) is 17.1 Å². The van der Waals surface area contributed by atoms with Gasteiger partial charge in [0, 0.05) is 13.0 Å². The van der Waals surface area contributed by atoms with E-state index in [0.717, 1.165) is 43.6 Å². The molecular weight excluding hydrogens is 406 g/mol. The van der Waals surface area contributed by atoms with Crippen molar-refractivity contribution in [1.29, 1.82) is 0 Å². The normalized spacial score (nSPS) is 18.2. The van der Waals surface area contributed by atoms with E-state index in [4.69, 9.17) is 4.99 Å². The van der Waals surface area contributed by atoms with E-state index in [1.54, 1.807) is 6.92 Å². The van der Waals surface area contributed by atoms with Crippen LogP contribution in [0.1, 0.15) is 130 Å². The zero-order chi connectivity index (χ0) is 24.0. The number of amides is 1. The number of aliphatic imine (C=N–C) groups is 1. The first-order chi connectivity index (χ1) is 16.1. The second-order valence-electron chi connectivity index (χ2n) is 10.1. The van der Waals surface area contributed by atoms with Gasteiger partial charge in [0.15, 0.2) is 0 Å². The van der Waals surface area contributed by atoms with Crippen LogP contribution in [-0.4, -0.2) is 48.9 Å². The molecule has 1 heterocycles. The van der Waals surface area contributed by atoms with Gasteiger partial charge in [0.1, 0.15) is 13.1 Å². The Morgan fingerprint density at radius 2 is 1.36 bits per heavy atom. The van der Waals surface area contributed by atoms with Crippen molar-refractivity contribution in [3.8, 4) is 0 Å². The van der Waals surface area contributed by atoms with Crippen molar-refractivity contribution < 1.29 is 9.28 Å². The minimum atomic E-state index is 0.0565. The number of allylic oxidation sites excluding steroid dienone is 1. The molecule has 1 atom stereocenters. The molecule has 4 heteroatoms. The highest BCUT2D eigenvalue weighted by molar-refractivity contribution is 5.88. The number of nitrogens with zero attached hydrogens (tertiary/aromatic N) is 2. The third-order valence-electron chi connectivity index (χ3n) is 7.30. The van der Waals surface area contributed by atoms with E-state index in [1.807, 2.05) is 0 Å². The molecule has 4 nitrogen and oxygen atoms in total. The van der Waals surface area contributed by atoms with E-state index in [-0.39, 0.29) is 5.91 Å². The Kier molecular flexibility index (Phi) is 18.3. The number of carbonyl (C=O) groups excluding carboxylic acids is 1. The Labute approximate surface area is 206 Å². The van der Waals surface area contributed by atoms with Gasteiger partial charge in [-0.2, -0.15) is 0 Å². The lowest BCUT2D eigenvalue weighted by molar-refractivity contribution is -0.830. The maximum Gasteiger partial charge on any atom is 0.222 e. The molecule has 0 aromatic heterocycles. The van der Waals surface area contributed by atoms with Gasteiger partial charge in [0.25, 0.3) is 0 Å². The summed E-state index contributed by atoms with van der Waals surface area (Å²) in [7, 11) is 0. The molecule has 192 valence electrons. The van der Waals surface area contributed by atoms with Crippen LogP contribution < -0.4 is 5.32 Å². The molecular formula is C29H56N3O+. The Morgan fingerprint density at radius 3 is 1.85 bits per heavy atom. The van der Waals surface area contributed by atoms with Gasteiger partial charge in [-0.15, -0.1) is 0 Å². The second kappa shape index (κ2) is 20.2. The summed E-state index contributed by atoms with van der Waals surface area (Å²) in [5, 5.41) is 2.95. The number of rotatable bonds is 22. The van der Waals surface area contributed by atoms with Crippen molar-refractivity contribution >= 4 is 11.7 Å². The SMILES string of the molecule is CCCCCCCCCCCCCCCCCC/C=C/C1=NCC[N+]1(CC)CCNC(C)=O. The number of unbranched alkanes of at least 4 members (excludes halogenated alkanes) is 16. The van der Waals surface area contributed by atoms with E-state index in [9.17, 15) is 4.79 Å². The molecule has 0 bridgehead atoms. The van der Waals surface area contributed by atoms with Gasteiger partial charge in [0.2, 0.25) is 11.7 Å². The monoisotopic (exact) mass is 462 g/mol. The van der Waals surface area contributed by atoms with E-state index >= 15 is 0 Å². The van der Waals surface area contributed by atoms with E-state index in [0.29, 0.717) is 0 Å². The van der Waals surface area contributed by atoms with Gasteiger partial charge in [-0.1, -0.05) is 109 Å². The van der Waals surface area contributed by atoms with Crippen LogP contribution in [0, 0.1) is 0 Å². The number of hydrogen-bond donors (Lipinski definition) is 1. The Hall–Kier alpha value is -1.16. The van der Waals surface area contributed by atoms with Crippen molar-refractivity contribution in [3.63, 3.8) is 0 Å². The first kappa shape index (κ1) is 29.9. The van der Waals surface area contributed by atoms with Crippen LogP contribution in [0.25, 0.3) is 0 Å². The molecule has 33 heavy (non-hydrogen) atoms. The van der Waals surface area contributed by atoms with Gasteiger partial charge in [-0.25, -0.2) is 4.99 Å². The van der Waals surface area contributed by atoms with Crippen LogP contribution >= 0.6 is 0 Å². The number of nitrogens with one attached hydrogen (secondary N) is 1. The lowest BCUT2D eigenvalue weighted by Crippen LogP contribution is -2.53. The molecule has 0 spiro atoms. The third kappa shape index (κ3) is 14.7. The van der Waals surface area contributed by atoms with E-state index in [2.05, 4.69) is 31.3 Å². The number of amidine groups is 1. The largest absolute Gasteiger partial charge is 0.351 e. The highest BCUT2D eigenvalue weighted by atomic mass is 16.1. The summed E-state index contributed by atoms with van der Waals surface area (Å²) in [6.07, 6.45) is 28.5. The first-order valence-electron chi connectivity index (χ1n) is 14.5. The van der Waals surface area contributed by atoms with Gasteiger partial charge in [-0.3, -0.25) is 9.28 Å². The van der Waals surface area contributed by atoms with Crippen molar-refractivity contribution in [3.05, 3.63) is 12.2 Å². The lowest BCUT2D eigenvalue weighted by atomic mass is 10.0. The molecule has 1 rings (SSSR count). The number of likely N-dealkylation sites (N-methyl/N-ethyl adjacent to an activating group) is 1. The highest BCUT2D eigenvalue weighted by Gasteiger charge is 2.34. The van der Waals surface area contributed by atoms with Gasteiger partial charge in [0.05, 0.1) is 19.6 Å². The average Bonchev–Trinajstić information content (AvgIpc) is 3.21. The predicted molar refractivity (Wildman–Crippen MR) is 145 cm³/mol. The summed E-state index contributed by atoms with van der Waals surface area (Å²) >= 11 is 0. The summed E-state index contributed by atoms with van der Waals surface area (Å²) in [6, 6.07) is 0. The van der Waals surface area contributed by atoms with Crippen LogP contribution in [0.5, 0.6) is 0 Å². The minimum absolute atomic E-state index is 0.0565.